The fourth-order valence-corrected chi connectivity index (χ4v) is 5.18. The van der Waals surface area contributed by atoms with E-state index in [-0.39, 0.29) is 10.1 Å². The van der Waals surface area contributed by atoms with Gasteiger partial charge in [-0.3, -0.25) is 9.52 Å². The number of thiophene rings is 1. The molecule has 3 aromatic rings. The molecule has 0 unspecified atom stereocenters. The summed E-state index contributed by atoms with van der Waals surface area (Å²) >= 11 is 1.04. The van der Waals surface area contributed by atoms with Gasteiger partial charge in [-0.1, -0.05) is 17.3 Å². The molecule has 0 bridgehead atoms. The second kappa shape index (κ2) is 7.16. The Morgan fingerprint density at radius 2 is 2.00 bits per heavy atom. The topological polar surface area (TPSA) is 92.5 Å². The predicted molar refractivity (Wildman–Crippen MR) is 102 cm³/mol. The van der Waals surface area contributed by atoms with Gasteiger partial charge in [-0.25, -0.2) is 8.42 Å². The van der Waals surface area contributed by atoms with Crippen LogP contribution in [0.4, 0.5) is 5.69 Å². The van der Waals surface area contributed by atoms with Crippen molar-refractivity contribution in [3.8, 4) is 11.3 Å². The fourth-order valence-electron chi connectivity index (χ4n) is 2.98. The van der Waals surface area contributed by atoms with Gasteiger partial charge in [0.15, 0.2) is 5.76 Å². The van der Waals surface area contributed by atoms with Crippen molar-refractivity contribution in [2.75, 3.05) is 17.8 Å². The third kappa shape index (κ3) is 3.74. The molecule has 2 aromatic heterocycles. The molecule has 1 saturated heterocycles. The Morgan fingerprint density at radius 3 is 2.74 bits per heavy atom. The van der Waals surface area contributed by atoms with Crippen LogP contribution in [0.2, 0.25) is 0 Å². The van der Waals surface area contributed by atoms with Crippen molar-refractivity contribution in [2.24, 2.45) is 0 Å². The molecule has 0 saturated carbocycles. The van der Waals surface area contributed by atoms with Crippen LogP contribution < -0.4 is 4.72 Å². The number of benzene rings is 1. The van der Waals surface area contributed by atoms with Crippen molar-refractivity contribution in [3.63, 3.8) is 0 Å². The highest BCUT2D eigenvalue weighted by atomic mass is 32.2. The van der Waals surface area contributed by atoms with E-state index in [4.69, 9.17) is 4.52 Å². The summed E-state index contributed by atoms with van der Waals surface area (Å²) in [4.78, 5) is 14.2. The predicted octanol–water partition coefficient (Wildman–Crippen LogP) is 3.44. The third-order valence-electron chi connectivity index (χ3n) is 4.32. The summed E-state index contributed by atoms with van der Waals surface area (Å²) in [6, 6.07) is 9.99. The molecule has 0 atom stereocenters. The van der Waals surface area contributed by atoms with E-state index in [0.717, 1.165) is 37.3 Å². The zero-order valence-corrected chi connectivity index (χ0v) is 15.9. The molecule has 1 fully saturated rings. The molecular formula is C18H17N3O4S2. The number of nitrogens with one attached hydrogen (secondary N) is 1. The van der Waals surface area contributed by atoms with Gasteiger partial charge in [-0.05, 0) is 31.0 Å². The molecule has 140 valence electrons. The van der Waals surface area contributed by atoms with E-state index >= 15 is 0 Å². The second-order valence-corrected chi connectivity index (χ2v) is 9.04. The number of hydrogen-bond donors (Lipinski definition) is 1. The van der Waals surface area contributed by atoms with Crippen LogP contribution in [0.3, 0.4) is 0 Å². The lowest BCUT2D eigenvalue weighted by Gasteiger charge is -2.13. The van der Waals surface area contributed by atoms with Gasteiger partial charge < -0.3 is 9.42 Å². The van der Waals surface area contributed by atoms with Crippen molar-refractivity contribution in [1.29, 1.82) is 0 Å². The first-order valence-electron chi connectivity index (χ1n) is 8.45. The smallest absolute Gasteiger partial charge is 0.271 e. The maximum atomic E-state index is 12.7. The highest BCUT2D eigenvalue weighted by molar-refractivity contribution is 7.94. The van der Waals surface area contributed by atoms with Crippen LogP contribution >= 0.6 is 11.3 Å². The number of nitrogens with zero attached hydrogens (tertiary/aromatic N) is 2. The highest BCUT2D eigenvalue weighted by Gasteiger charge is 2.24. The van der Waals surface area contributed by atoms with Gasteiger partial charge in [0.2, 0.25) is 0 Å². The molecule has 1 N–H and O–H groups in total. The molecule has 0 aliphatic carbocycles. The molecular weight excluding hydrogens is 386 g/mol. The van der Waals surface area contributed by atoms with Crippen molar-refractivity contribution in [1.82, 2.24) is 10.1 Å². The van der Waals surface area contributed by atoms with Crippen molar-refractivity contribution in [3.05, 3.63) is 53.5 Å². The first-order valence-corrected chi connectivity index (χ1v) is 10.8. The van der Waals surface area contributed by atoms with Crippen LogP contribution in [-0.4, -0.2) is 37.5 Å². The summed E-state index contributed by atoms with van der Waals surface area (Å²) in [5, 5.41) is 5.25. The first-order chi connectivity index (χ1) is 13.0. The maximum Gasteiger partial charge on any atom is 0.271 e. The van der Waals surface area contributed by atoms with E-state index in [0.29, 0.717) is 22.6 Å². The summed E-state index contributed by atoms with van der Waals surface area (Å²) in [7, 11) is -3.78. The van der Waals surface area contributed by atoms with Gasteiger partial charge in [0, 0.05) is 35.8 Å². The summed E-state index contributed by atoms with van der Waals surface area (Å²) in [5.74, 6) is 0.434. The molecule has 1 amide bonds. The van der Waals surface area contributed by atoms with E-state index < -0.39 is 10.0 Å². The van der Waals surface area contributed by atoms with Crippen LogP contribution in [0.1, 0.15) is 23.2 Å². The van der Waals surface area contributed by atoms with Crippen molar-refractivity contribution in [2.45, 2.75) is 17.1 Å². The molecule has 1 aliphatic heterocycles. The van der Waals surface area contributed by atoms with Gasteiger partial charge in [-0.2, -0.15) is 0 Å². The molecule has 3 heterocycles. The molecule has 1 aliphatic rings. The standard InChI is InChI=1S/C18H17N3O4S2/c22-18(21-8-1-2-9-21)14-11-17(26-12-14)27(23,24)20-15-5-3-4-13(10-15)16-6-7-19-25-16/h3-7,10-12,20H,1-2,8-9H2. The van der Waals surface area contributed by atoms with Crippen molar-refractivity contribution < 1.29 is 17.7 Å². The molecule has 27 heavy (non-hydrogen) atoms. The molecule has 0 radical (unpaired) electrons. The SMILES string of the molecule is O=C(c1csc(S(=O)(=O)Nc2cccc(-c3ccno3)c2)c1)N1CCCC1. The van der Waals surface area contributed by atoms with E-state index in [2.05, 4.69) is 9.88 Å². The number of aromatic nitrogens is 1. The van der Waals surface area contributed by atoms with Crippen LogP contribution in [0.15, 0.2) is 56.7 Å². The summed E-state index contributed by atoms with van der Waals surface area (Å²) in [6.45, 7) is 1.45. The molecule has 9 heteroatoms. The molecule has 0 spiro atoms. The lowest BCUT2D eigenvalue weighted by Crippen LogP contribution is -2.27. The van der Waals surface area contributed by atoms with Gasteiger partial charge in [0.05, 0.1) is 11.8 Å². The normalized spacial score (nSPS) is 14.4. The molecule has 7 nitrogen and oxygen atoms in total. The lowest BCUT2D eigenvalue weighted by molar-refractivity contribution is 0.0793. The van der Waals surface area contributed by atoms with Crippen LogP contribution in [0, 0.1) is 0 Å². The van der Waals surface area contributed by atoms with Crippen LogP contribution in [-0.2, 0) is 10.0 Å². The minimum absolute atomic E-state index is 0.107. The minimum atomic E-state index is -3.78. The number of carbonyl (C=O) groups excluding carboxylic acids is 1. The van der Waals surface area contributed by atoms with Crippen LogP contribution in [0.5, 0.6) is 0 Å². The largest absolute Gasteiger partial charge is 0.356 e. The van der Waals surface area contributed by atoms with Gasteiger partial charge >= 0.3 is 0 Å². The Bertz CT molecular complexity index is 1050. The first kappa shape index (κ1) is 17.7. The number of hydrogen-bond acceptors (Lipinski definition) is 6. The Morgan fingerprint density at radius 1 is 1.19 bits per heavy atom. The van der Waals surface area contributed by atoms with Crippen LogP contribution in [0.25, 0.3) is 11.3 Å². The highest BCUT2D eigenvalue weighted by Crippen LogP contribution is 2.27. The minimum Gasteiger partial charge on any atom is -0.356 e. The molecule has 4 rings (SSSR count). The average Bonchev–Trinajstić information content (AvgIpc) is 3.44. The Hall–Kier alpha value is -2.65. The Balaban J connectivity index is 1.54. The zero-order chi connectivity index (χ0) is 18.9. The number of anilines is 1. The molecule has 1 aromatic carbocycles. The summed E-state index contributed by atoms with van der Waals surface area (Å²) in [6.07, 6.45) is 3.50. The number of carbonyl (C=O) groups is 1. The number of rotatable bonds is 5. The quantitative estimate of drug-likeness (QED) is 0.704. The van der Waals surface area contributed by atoms with E-state index in [9.17, 15) is 13.2 Å². The average molecular weight is 403 g/mol. The summed E-state index contributed by atoms with van der Waals surface area (Å²) in [5.41, 5.74) is 1.53. The Labute approximate surface area is 160 Å². The third-order valence-corrected chi connectivity index (χ3v) is 7.14. The van der Waals surface area contributed by atoms with E-state index in [1.54, 1.807) is 40.6 Å². The zero-order valence-electron chi connectivity index (χ0n) is 14.3. The lowest BCUT2D eigenvalue weighted by atomic mass is 10.1. The van der Waals surface area contributed by atoms with Crippen molar-refractivity contribution >= 4 is 33.0 Å². The van der Waals surface area contributed by atoms with Gasteiger partial charge in [-0.15, -0.1) is 11.3 Å². The number of amides is 1. The number of sulfonamides is 1. The summed E-state index contributed by atoms with van der Waals surface area (Å²) < 4.78 is 33.2. The van der Waals surface area contributed by atoms with Gasteiger partial charge in [0.1, 0.15) is 4.21 Å². The monoisotopic (exact) mass is 403 g/mol. The maximum absolute atomic E-state index is 12.7. The van der Waals surface area contributed by atoms with E-state index in [1.165, 1.54) is 12.3 Å². The second-order valence-electron chi connectivity index (χ2n) is 6.22. The van der Waals surface area contributed by atoms with Gasteiger partial charge in [0.25, 0.3) is 15.9 Å². The number of likely N-dealkylation sites (tertiary alicyclic amines) is 1. The van der Waals surface area contributed by atoms with E-state index in [1.807, 2.05) is 0 Å². The Kier molecular flexibility index (Phi) is 4.71. The fraction of sp³-hybridized carbons (Fsp3) is 0.222.